The van der Waals surface area contributed by atoms with Crippen LogP contribution in [0.1, 0.15) is 77.0 Å². The molecule has 128 valence electrons. The third-order valence-corrected chi connectivity index (χ3v) is 5.74. The first-order chi connectivity index (χ1) is 10.3. The van der Waals surface area contributed by atoms with E-state index in [2.05, 4.69) is 4.90 Å². The molecule has 22 heavy (non-hydrogen) atoms. The van der Waals surface area contributed by atoms with Crippen molar-refractivity contribution in [3.8, 4) is 0 Å². The molecule has 0 radical (unpaired) electrons. The van der Waals surface area contributed by atoms with E-state index in [1.807, 2.05) is 0 Å². The SMILES string of the molecule is O=C(CC1CCCCC1)OC1CCCCC1N1CCCC1.[Cl-]. The van der Waals surface area contributed by atoms with E-state index in [1.54, 1.807) is 0 Å². The zero-order valence-electron chi connectivity index (χ0n) is 13.8. The molecule has 3 fully saturated rings. The van der Waals surface area contributed by atoms with Crippen molar-refractivity contribution in [1.29, 1.82) is 0 Å². The predicted octanol–water partition coefficient (Wildman–Crippen LogP) is 0.911. The Labute approximate surface area is 141 Å². The quantitative estimate of drug-likeness (QED) is 0.719. The van der Waals surface area contributed by atoms with Gasteiger partial charge in [0.15, 0.2) is 0 Å². The average Bonchev–Trinajstić information content (AvgIpc) is 3.03. The molecule has 0 aromatic carbocycles. The van der Waals surface area contributed by atoms with Gasteiger partial charge in [-0.15, -0.1) is 0 Å². The first-order valence-electron chi connectivity index (χ1n) is 9.26. The van der Waals surface area contributed by atoms with Gasteiger partial charge in [-0.2, -0.15) is 0 Å². The van der Waals surface area contributed by atoms with Crippen LogP contribution in [0.25, 0.3) is 0 Å². The number of esters is 1. The maximum Gasteiger partial charge on any atom is 0.306 e. The Bertz CT molecular complexity index is 338. The second-order valence-electron chi connectivity index (χ2n) is 7.33. The Hall–Kier alpha value is -0.280. The van der Waals surface area contributed by atoms with Crippen molar-refractivity contribution in [2.45, 2.75) is 89.2 Å². The molecule has 2 unspecified atom stereocenters. The van der Waals surface area contributed by atoms with E-state index in [0.29, 0.717) is 18.4 Å². The van der Waals surface area contributed by atoms with Gasteiger partial charge in [-0.3, -0.25) is 9.69 Å². The monoisotopic (exact) mass is 328 g/mol. The molecule has 0 amide bonds. The molecule has 3 aliphatic rings. The molecule has 2 aliphatic carbocycles. The van der Waals surface area contributed by atoms with E-state index >= 15 is 0 Å². The zero-order chi connectivity index (χ0) is 14.5. The highest BCUT2D eigenvalue weighted by Gasteiger charge is 2.34. The lowest BCUT2D eigenvalue weighted by Crippen LogP contribution is -3.00. The molecule has 3 nitrogen and oxygen atoms in total. The Morgan fingerprint density at radius 1 is 0.864 bits per heavy atom. The van der Waals surface area contributed by atoms with Crippen LogP contribution in [-0.2, 0) is 9.53 Å². The van der Waals surface area contributed by atoms with Crippen LogP contribution >= 0.6 is 0 Å². The summed E-state index contributed by atoms with van der Waals surface area (Å²) in [6, 6.07) is 0.511. The lowest BCUT2D eigenvalue weighted by Gasteiger charge is -2.37. The fourth-order valence-corrected chi connectivity index (χ4v) is 4.55. The topological polar surface area (TPSA) is 29.5 Å². The van der Waals surface area contributed by atoms with Gasteiger partial charge in [0, 0.05) is 12.5 Å². The van der Waals surface area contributed by atoms with E-state index in [0.717, 1.165) is 6.42 Å². The predicted molar refractivity (Wildman–Crippen MR) is 84.1 cm³/mol. The fourth-order valence-electron chi connectivity index (χ4n) is 4.55. The summed E-state index contributed by atoms with van der Waals surface area (Å²) in [4.78, 5) is 14.9. The highest BCUT2D eigenvalue weighted by atomic mass is 35.5. The zero-order valence-corrected chi connectivity index (χ0v) is 14.5. The number of hydrogen-bond donors (Lipinski definition) is 0. The van der Waals surface area contributed by atoms with Crippen LogP contribution in [0.5, 0.6) is 0 Å². The van der Waals surface area contributed by atoms with Crippen LogP contribution in [0.2, 0.25) is 0 Å². The first kappa shape index (κ1) is 18.1. The minimum Gasteiger partial charge on any atom is -1.00 e. The Balaban J connectivity index is 0.00000176. The van der Waals surface area contributed by atoms with E-state index < -0.39 is 0 Å². The smallest absolute Gasteiger partial charge is 0.306 e. The molecular weight excluding hydrogens is 298 g/mol. The summed E-state index contributed by atoms with van der Waals surface area (Å²) in [7, 11) is 0. The summed E-state index contributed by atoms with van der Waals surface area (Å²) >= 11 is 0. The second kappa shape index (κ2) is 9.12. The third-order valence-electron chi connectivity index (χ3n) is 5.74. The van der Waals surface area contributed by atoms with E-state index in [9.17, 15) is 4.79 Å². The summed E-state index contributed by atoms with van der Waals surface area (Å²) in [6.45, 7) is 2.42. The maximum absolute atomic E-state index is 12.3. The van der Waals surface area contributed by atoms with Crippen molar-refractivity contribution in [2.75, 3.05) is 13.1 Å². The fraction of sp³-hybridized carbons (Fsp3) is 0.944. The van der Waals surface area contributed by atoms with E-state index in [4.69, 9.17) is 4.74 Å². The van der Waals surface area contributed by atoms with Crippen LogP contribution < -0.4 is 12.4 Å². The largest absolute Gasteiger partial charge is 1.00 e. The number of halogens is 1. The number of carbonyl (C=O) groups is 1. The Kier molecular flexibility index (Phi) is 7.49. The van der Waals surface area contributed by atoms with Crippen molar-refractivity contribution in [3.05, 3.63) is 0 Å². The summed E-state index contributed by atoms with van der Waals surface area (Å²) in [5.41, 5.74) is 0. The molecule has 3 rings (SSSR count). The molecule has 1 aliphatic heterocycles. The van der Waals surface area contributed by atoms with Crippen LogP contribution in [0.3, 0.4) is 0 Å². The molecule has 2 atom stereocenters. The van der Waals surface area contributed by atoms with Gasteiger partial charge in [-0.25, -0.2) is 0 Å². The molecule has 4 heteroatoms. The van der Waals surface area contributed by atoms with Crippen molar-refractivity contribution >= 4 is 5.97 Å². The summed E-state index contributed by atoms with van der Waals surface area (Å²) in [6.07, 6.45) is 14.7. The van der Waals surface area contributed by atoms with Gasteiger partial charge in [-0.05, 0) is 64.0 Å². The number of rotatable bonds is 4. The molecule has 0 spiro atoms. The maximum atomic E-state index is 12.3. The van der Waals surface area contributed by atoms with E-state index in [1.165, 1.54) is 77.3 Å². The molecule has 0 aromatic heterocycles. The van der Waals surface area contributed by atoms with Crippen LogP contribution in [-0.4, -0.2) is 36.1 Å². The highest BCUT2D eigenvalue weighted by Crippen LogP contribution is 2.30. The average molecular weight is 329 g/mol. The normalized spacial score (nSPS) is 30.7. The van der Waals surface area contributed by atoms with Crippen molar-refractivity contribution in [2.24, 2.45) is 5.92 Å². The minimum absolute atomic E-state index is 0. The summed E-state index contributed by atoms with van der Waals surface area (Å²) in [5, 5.41) is 0. The van der Waals surface area contributed by atoms with Crippen LogP contribution in [0, 0.1) is 5.92 Å². The number of likely N-dealkylation sites (tertiary alicyclic amines) is 1. The molecule has 0 bridgehead atoms. The molecular formula is C18H31ClNO2-. The van der Waals surface area contributed by atoms with Gasteiger partial charge in [-0.1, -0.05) is 25.7 Å². The molecule has 0 aromatic rings. The standard InChI is InChI=1S/C18H31NO2.ClH/c20-18(14-15-8-2-1-3-9-15)21-17-11-5-4-10-16(17)19-12-6-7-13-19;/h15-17H,1-14H2;1H/p-1. The number of ether oxygens (including phenoxy) is 1. The van der Waals surface area contributed by atoms with Crippen LogP contribution in [0.4, 0.5) is 0 Å². The molecule has 0 N–H and O–H groups in total. The Morgan fingerprint density at radius 2 is 1.50 bits per heavy atom. The van der Waals surface area contributed by atoms with Gasteiger partial charge < -0.3 is 17.1 Å². The van der Waals surface area contributed by atoms with Gasteiger partial charge >= 0.3 is 5.97 Å². The van der Waals surface area contributed by atoms with Gasteiger partial charge in [0.2, 0.25) is 0 Å². The van der Waals surface area contributed by atoms with Crippen LogP contribution in [0.15, 0.2) is 0 Å². The lowest BCUT2D eigenvalue weighted by atomic mass is 9.87. The molecule has 2 saturated carbocycles. The highest BCUT2D eigenvalue weighted by molar-refractivity contribution is 5.70. The lowest BCUT2D eigenvalue weighted by molar-refractivity contribution is -0.155. The van der Waals surface area contributed by atoms with Crippen molar-refractivity contribution in [3.63, 3.8) is 0 Å². The first-order valence-corrected chi connectivity index (χ1v) is 9.26. The number of nitrogens with zero attached hydrogens (tertiary/aromatic N) is 1. The summed E-state index contributed by atoms with van der Waals surface area (Å²) in [5.74, 6) is 0.679. The molecule has 1 saturated heterocycles. The van der Waals surface area contributed by atoms with Crippen molar-refractivity contribution < 1.29 is 21.9 Å². The van der Waals surface area contributed by atoms with Gasteiger partial charge in [0.25, 0.3) is 0 Å². The molecule has 1 heterocycles. The Morgan fingerprint density at radius 3 is 2.23 bits per heavy atom. The second-order valence-corrected chi connectivity index (χ2v) is 7.33. The van der Waals surface area contributed by atoms with Gasteiger partial charge in [0.1, 0.15) is 6.10 Å². The minimum atomic E-state index is 0. The van der Waals surface area contributed by atoms with E-state index in [-0.39, 0.29) is 24.5 Å². The third kappa shape index (κ3) is 4.86. The number of hydrogen-bond acceptors (Lipinski definition) is 3. The number of carbonyl (C=O) groups excluding carboxylic acids is 1. The van der Waals surface area contributed by atoms with Gasteiger partial charge in [0.05, 0.1) is 0 Å². The summed E-state index contributed by atoms with van der Waals surface area (Å²) < 4.78 is 5.94. The van der Waals surface area contributed by atoms with Crippen molar-refractivity contribution in [1.82, 2.24) is 4.90 Å².